The molecular formula is C13H26N2O. The molecule has 0 aromatic rings. The first-order chi connectivity index (χ1) is 7.76. The second-order valence-corrected chi connectivity index (χ2v) is 4.75. The van der Waals surface area contributed by atoms with Crippen molar-refractivity contribution in [2.75, 3.05) is 26.2 Å². The Kier molecular flexibility index (Phi) is 5.26. The molecule has 0 saturated carbocycles. The Labute approximate surface area is 99.6 Å². The highest BCUT2D eigenvalue weighted by Gasteiger charge is 2.44. The summed E-state index contributed by atoms with van der Waals surface area (Å²) in [5.74, 6) is 0.358. The van der Waals surface area contributed by atoms with Crippen molar-refractivity contribution < 1.29 is 4.79 Å². The van der Waals surface area contributed by atoms with Crippen molar-refractivity contribution in [2.24, 2.45) is 5.41 Å². The summed E-state index contributed by atoms with van der Waals surface area (Å²) < 4.78 is 0. The predicted molar refractivity (Wildman–Crippen MR) is 67.4 cm³/mol. The predicted octanol–water partition coefficient (Wildman–Crippen LogP) is 2.02. The van der Waals surface area contributed by atoms with Crippen molar-refractivity contribution in [2.45, 2.75) is 46.5 Å². The summed E-state index contributed by atoms with van der Waals surface area (Å²) in [6.45, 7) is 10.4. The molecule has 2 rings (SSSR count). The Balaban J connectivity index is 0.000000606. The molecule has 0 atom stereocenters. The number of hydrogen-bond acceptors (Lipinski definition) is 2. The van der Waals surface area contributed by atoms with E-state index in [1.807, 2.05) is 18.7 Å². The molecule has 16 heavy (non-hydrogen) atoms. The molecule has 3 nitrogen and oxygen atoms in total. The van der Waals surface area contributed by atoms with Gasteiger partial charge in [0.1, 0.15) is 0 Å². The minimum absolute atomic E-state index is 0.358. The van der Waals surface area contributed by atoms with Crippen molar-refractivity contribution in [1.82, 2.24) is 10.2 Å². The first-order valence-corrected chi connectivity index (χ1v) is 6.74. The molecule has 2 fully saturated rings. The molecular weight excluding hydrogens is 200 g/mol. The lowest BCUT2D eigenvalue weighted by Crippen LogP contribution is -2.61. The van der Waals surface area contributed by atoms with Gasteiger partial charge in [0, 0.05) is 24.9 Å². The van der Waals surface area contributed by atoms with E-state index in [0.29, 0.717) is 11.3 Å². The van der Waals surface area contributed by atoms with Gasteiger partial charge >= 0.3 is 0 Å². The van der Waals surface area contributed by atoms with E-state index in [1.165, 1.54) is 12.8 Å². The Bertz CT molecular complexity index is 214. The van der Waals surface area contributed by atoms with Crippen molar-refractivity contribution in [1.29, 1.82) is 0 Å². The summed E-state index contributed by atoms with van der Waals surface area (Å²) in [6, 6.07) is 0. The maximum atomic E-state index is 11.6. The van der Waals surface area contributed by atoms with Crippen molar-refractivity contribution in [3.63, 3.8) is 0 Å². The molecule has 1 amide bonds. The van der Waals surface area contributed by atoms with Crippen molar-refractivity contribution in [3.8, 4) is 0 Å². The zero-order chi connectivity index (χ0) is 12.0. The van der Waals surface area contributed by atoms with Gasteiger partial charge in [-0.3, -0.25) is 4.79 Å². The molecule has 2 heterocycles. The van der Waals surface area contributed by atoms with E-state index in [2.05, 4.69) is 12.2 Å². The average Bonchev–Trinajstić information content (AvgIpc) is 2.30. The minimum Gasteiger partial charge on any atom is -0.341 e. The van der Waals surface area contributed by atoms with Gasteiger partial charge in [-0.05, 0) is 32.4 Å². The number of amides is 1. The van der Waals surface area contributed by atoms with E-state index in [-0.39, 0.29) is 0 Å². The van der Waals surface area contributed by atoms with Gasteiger partial charge in [0.15, 0.2) is 0 Å². The zero-order valence-corrected chi connectivity index (χ0v) is 11.0. The molecule has 0 bridgehead atoms. The van der Waals surface area contributed by atoms with E-state index >= 15 is 0 Å². The number of carbonyl (C=O) groups excluding carboxylic acids is 1. The van der Waals surface area contributed by atoms with Gasteiger partial charge in [-0.15, -0.1) is 0 Å². The maximum absolute atomic E-state index is 11.6. The lowest BCUT2D eigenvalue weighted by molar-refractivity contribution is -0.145. The van der Waals surface area contributed by atoms with E-state index in [0.717, 1.165) is 39.0 Å². The smallest absolute Gasteiger partial charge is 0.222 e. The van der Waals surface area contributed by atoms with Crippen LogP contribution in [0.5, 0.6) is 0 Å². The average molecular weight is 226 g/mol. The highest BCUT2D eigenvalue weighted by atomic mass is 16.2. The summed E-state index contributed by atoms with van der Waals surface area (Å²) in [4.78, 5) is 13.6. The van der Waals surface area contributed by atoms with Crippen LogP contribution in [0.15, 0.2) is 0 Å². The largest absolute Gasteiger partial charge is 0.341 e. The molecule has 0 unspecified atom stereocenters. The quantitative estimate of drug-likeness (QED) is 0.781. The molecule has 2 saturated heterocycles. The highest BCUT2D eigenvalue weighted by Crippen LogP contribution is 2.38. The van der Waals surface area contributed by atoms with E-state index in [4.69, 9.17) is 0 Å². The van der Waals surface area contributed by atoms with Crippen LogP contribution < -0.4 is 5.32 Å². The summed E-state index contributed by atoms with van der Waals surface area (Å²) in [7, 11) is 0. The number of nitrogens with zero attached hydrogens (tertiary/aromatic N) is 1. The number of hydrogen-bond donors (Lipinski definition) is 1. The van der Waals surface area contributed by atoms with Crippen LogP contribution in [0.4, 0.5) is 0 Å². The SMILES string of the molecule is CC.CCCC(=O)N1CC2(CCNCC2)C1. The van der Waals surface area contributed by atoms with Gasteiger partial charge in [0.2, 0.25) is 5.91 Å². The fraction of sp³-hybridized carbons (Fsp3) is 0.923. The maximum Gasteiger partial charge on any atom is 0.222 e. The molecule has 0 radical (unpaired) electrons. The van der Waals surface area contributed by atoms with Crippen LogP contribution in [-0.2, 0) is 4.79 Å². The van der Waals surface area contributed by atoms with Gasteiger partial charge < -0.3 is 10.2 Å². The Morgan fingerprint density at radius 3 is 2.31 bits per heavy atom. The molecule has 0 aromatic carbocycles. The third-order valence-corrected chi connectivity index (χ3v) is 3.53. The second-order valence-electron chi connectivity index (χ2n) is 4.75. The second kappa shape index (κ2) is 6.24. The van der Waals surface area contributed by atoms with Crippen molar-refractivity contribution in [3.05, 3.63) is 0 Å². The number of rotatable bonds is 2. The normalized spacial score (nSPS) is 22.1. The van der Waals surface area contributed by atoms with Gasteiger partial charge in [0.25, 0.3) is 0 Å². The van der Waals surface area contributed by atoms with Crippen LogP contribution in [0, 0.1) is 5.41 Å². The number of piperidine rings is 1. The standard InChI is InChI=1S/C11H20N2O.C2H6/c1-2-3-10(14)13-8-11(9-13)4-6-12-7-5-11;1-2/h12H,2-9H2,1H3;1-2H3. The van der Waals surface area contributed by atoms with Crippen LogP contribution in [0.3, 0.4) is 0 Å². The summed E-state index contributed by atoms with van der Waals surface area (Å²) in [5, 5.41) is 3.37. The van der Waals surface area contributed by atoms with Crippen LogP contribution in [0.25, 0.3) is 0 Å². The fourth-order valence-electron chi connectivity index (χ4n) is 2.59. The van der Waals surface area contributed by atoms with Crippen LogP contribution in [0.2, 0.25) is 0 Å². The van der Waals surface area contributed by atoms with Crippen molar-refractivity contribution >= 4 is 5.91 Å². The molecule has 1 N–H and O–H groups in total. The van der Waals surface area contributed by atoms with E-state index in [9.17, 15) is 4.79 Å². The Hall–Kier alpha value is -0.570. The summed E-state index contributed by atoms with van der Waals surface area (Å²) in [5.41, 5.74) is 0.495. The molecule has 0 aliphatic carbocycles. The van der Waals surface area contributed by atoms with Gasteiger partial charge in [-0.2, -0.15) is 0 Å². The number of carbonyl (C=O) groups is 1. The molecule has 2 aliphatic rings. The topological polar surface area (TPSA) is 32.3 Å². The van der Waals surface area contributed by atoms with Gasteiger partial charge in [-0.25, -0.2) is 0 Å². The Morgan fingerprint density at radius 1 is 1.25 bits per heavy atom. The zero-order valence-electron chi connectivity index (χ0n) is 11.0. The monoisotopic (exact) mass is 226 g/mol. The first kappa shape index (κ1) is 13.5. The highest BCUT2D eigenvalue weighted by molar-refractivity contribution is 5.77. The van der Waals surface area contributed by atoms with E-state index in [1.54, 1.807) is 0 Å². The molecule has 3 heteroatoms. The molecule has 2 aliphatic heterocycles. The number of likely N-dealkylation sites (tertiary alicyclic amines) is 1. The lowest BCUT2D eigenvalue weighted by atomic mass is 9.72. The van der Waals surface area contributed by atoms with E-state index < -0.39 is 0 Å². The Morgan fingerprint density at radius 2 is 1.81 bits per heavy atom. The van der Waals surface area contributed by atoms with Gasteiger partial charge in [0.05, 0.1) is 0 Å². The van der Waals surface area contributed by atoms with Crippen LogP contribution in [-0.4, -0.2) is 37.0 Å². The first-order valence-electron chi connectivity index (χ1n) is 6.74. The number of nitrogens with one attached hydrogen (secondary N) is 1. The third kappa shape index (κ3) is 2.97. The molecule has 94 valence electrons. The van der Waals surface area contributed by atoms with Crippen LogP contribution in [0.1, 0.15) is 46.5 Å². The summed E-state index contributed by atoms with van der Waals surface area (Å²) >= 11 is 0. The minimum atomic E-state index is 0.358. The lowest BCUT2D eigenvalue weighted by Gasteiger charge is -2.52. The van der Waals surface area contributed by atoms with Gasteiger partial charge in [-0.1, -0.05) is 20.8 Å². The molecule has 1 spiro atoms. The van der Waals surface area contributed by atoms with Crippen LogP contribution >= 0.6 is 0 Å². The molecule has 0 aromatic heterocycles. The third-order valence-electron chi connectivity index (χ3n) is 3.53. The fourth-order valence-corrected chi connectivity index (χ4v) is 2.59. The summed E-state index contributed by atoms with van der Waals surface area (Å²) in [6.07, 6.45) is 4.21.